The SMILES string of the molecule is CCN1CCN(c2nc(-c3ccccc3)nc3c2CN(C(=O)Nc2ccccc2F)CC3)CC1. The summed E-state index contributed by atoms with van der Waals surface area (Å²) >= 11 is 0. The van der Waals surface area contributed by atoms with Crippen molar-refractivity contribution in [2.24, 2.45) is 0 Å². The van der Waals surface area contributed by atoms with Crippen LogP contribution in [0.5, 0.6) is 0 Å². The van der Waals surface area contributed by atoms with E-state index in [2.05, 4.69) is 22.0 Å². The lowest BCUT2D eigenvalue weighted by Gasteiger charge is -2.37. The quantitative estimate of drug-likeness (QED) is 0.637. The van der Waals surface area contributed by atoms with Crippen molar-refractivity contribution < 1.29 is 9.18 Å². The molecule has 0 saturated carbocycles. The van der Waals surface area contributed by atoms with Gasteiger partial charge in [-0.15, -0.1) is 0 Å². The highest BCUT2D eigenvalue weighted by Crippen LogP contribution is 2.30. The van der Waals surface area contributed by atoms with Crippen molar-refractivity contribution in [1.82, 2.24) is 19.8 Å². The van der Waals surface area contributed by atoms with Gasteiger partial charge in [0.05, 0.1) is 17.9 Å². The van der Waals surface area contributed by atoms with Gasteiger partial charge in [-0.3, -0.25) is 0 Å². The first kappa shape index (κ1) is 22.3. The van der Waals surface area contributed by atoms with Crippen molar-refractivity contribution >= 4 is 17.5 Å². The standard InChI is InChI=1S/C26H29FN6O/c1-2-31-14-16-32(17-15-31)25-20-18-33(26(34)29-23-11-7-6-10-21(23)27)13-12-22(20)28-24(30-25)19-8-4-3-5-9-19/h3-11H,2,12-18H2,1H3,(H,29,34). The molecular weight excluding hydrogens is 431 g/mol. The molecule has 1 saturated heterocycles. The molecule has 0 unspecified atom stereocenters. The first-order valence-electron chi connectivity index (χ1n) is 11.9. The number of anilines is 2. The Labute approximate surface area is 199 Å². The normalized spacial score (nSPS) is 16.3. The van der Waals surface area contributed by atoms with E-state index in [0.717, 1.165) is 61.2 Å². The van der Waals surface area contributed by atoms with Gasteiger partial charge in [0.25, 0.3) is 0 Å². The van der Waals surface area contributed by atoms with Gasteiger partial charge in [0.1, 0.15) is 11.6 Å². The second-order valence-electron chi connectivity index (χ2n) is 8.66. The molecule has 1 aromatic heterocycles. The van der Waals surface area contributed by atoms with Gasteiger partial charge >= 0.3 is 6.03 Å². The highest BCUT2D eigenvalue weighted by Gasteiger charge is 2.29. The lowest BCUT2D eigenvalue weighted by atomic mass is 10.0. The number of aromatic nitrogens is 2. The highest BCUT2D eigenvalue weighted by atomic mass is 19.1. The third-order valence-corrected chi connectivity index (χ3v) is 6.59. The van der Waals surface area contributed by atoms with Crippen LogP contribution in [0.4, 0.5) is 20.7 Å². The maximum Gasteiger partial charge on any atom is 0.322 e. The van der Waals surface area contributed by atoms with E-state index in [0.29, 0.717) is 19.5 Å². The molecule has 1 fully saturated rings. The molecule has 2 aliphatic heterocycles. The van der Waals surface area contributed by atoms with Crippen LogP contribution in [0.3, 0.4) is 0 Å². The Hall–Kier alpha value is -3.52. The molecule has 3 aromatic rings. The molecule has 2 aliphatic rings. The van der Waals surface area contributed by atoms with Crippen molar-refractivity contribution in [2.75, 3.05) is 49.5 Å². The van der Waals surface area contributed by atoms with Gasteiger partial charge in [-0.25, -0.2) is 19.2 Å². The fourth-order valence-corrected chi connectivity index (χ4v) is 4.58. The van der Waals surface area contributed by atoms with Crippen molar-refractivity contribution in [3.8, 4) is 11.4 Å². The first-order chi connectivity index (χ1) is 16.6. The van der Waals surface area contributed by atoms with Crippen LogP contribution in [0.1, 0.15) is 18.2 Å². The van der Waals surface area contributed by atoms with Crippen LogP contribution in [-0.4, -0.2) is 65.1 Å². The second kappa shape index (κ2) is 9.77. The van der Waals surface area contributed by atoms with Crippen molar-refractivity contribution in [3.05, 3.63) is 71.7 Å². The molecule has 3 heterocycles. The van der Waals surface area contributed by atoms with E-state index in [9.17, 15) is 9.18 Å². The third kappa shape index (κ3) is 4.59. The number of amides is 2. The molecule has 0 atom stereocenters. The monoisotopic (exact) mass is 460 g/mol. The maximum atomic E-state index is 14.1. The molecule has 1 N–H and O–H groups in total. The van der Waals surface area contributed by atoms with E-state index in [1.807, 2.05) is 30.3 Å². The van der Waals surface area contributed by atoms with Gasteiger partial charge in [0.15, 0.2) is 5.82 Å². The number of piperazine rings is 1. The van der Waals surface area contributed by atoms with Crippen LogP contribution in [0.2, 0.25) is 0 Å². The minimum absolute atomic E-state index is 0.185. The number of urea groups is 1. The number of para-hydroxylation sites is 1. The lowest BCUT2D eigenvalue weighted by molar-refractivity contribution is 0.205. The van der Waals surface area contributed by atoms with Crippen molar-refractivity contribution in [3.63, 3.8) is 0 Å². The topological polar surface area (TPSA) is 64.6 Å². The summed E-state index contributed by atoms with van der Waals surface area (Å²) in [6, 6.07) is 15.9. The maximum absolute atomic E-state index is 14.1. The summed E-state index contributed by atoms with van der Waals surface area (Å²) in [6.07, 6.45) is 0.629. The molecule has 2 amide bonds. The van der Waals surface area contributed by atoms with E-state index in [1.54, 1.807) is 23.1 Å². The van der Waals surface area contributed by atoms with Crippen molar-refractivity contribution in [1.29, 1.82) is 0 Å². The van der Waals surface area contributed by atoms with Crippen LogP contribution in [0.15, 0.2) is 54.6 Å². The lowest BCUT2D eigenvalue weighted by Crippen LogP contribution is -2.47. The largest absolute Gasteiger partial charge is 0.354 e. The van der Waals surface area contributed by atoms with Gasteiger partial charge in [-0.1, -0.05) is 49.4 Å². The zero-order valence-corrected chi connectivity index (χ0v) is 19.4. The smallest absolute Gasteiger partial charge is 0.322 e. The van der Waals surface area contributed by atoms with Crippen LogP contribution in [0, 0.1) is 5.82 Å². The zero-order chi connectivity index (χ0) is 23.5. The van der Waals surface area contributed by atoms with E-state index >= 15 is 0 Å². The number of carbonyl (C=O) groups is 1. The Kier molecular flexibility index (Phi) is 6.40. The fourth-order valence-electron chi connectivity index (χ4n) is 4.58. The van der Waals surface area contributed by atoms with E-state index < -0.39 is 5.82 Å². The van der Waals surface area contributed by atoms with Gasteiger partial charge in [0, 0.05) is 50.3 Å². The molecule has 2 aromatic carbocycles. The summed E-state index contributed by atoms with van der Waals surface area (Å²) in [5, 5.41) is 2.71. The highest BCUT2D eigenvalue weighted by molar-refractivity contribution is 5.89. The molecule has 0 aliphatic carbocycles. The van der Waals surface area contributed by atoms with Gasteiger partial charge in [-0.2, -0.15) is 0 Å². The number of hydrogen-bond donors (Lipinski definition) is 1. The van der Waals surface area contributed by atoms with E-state index in [1.165, 1.54) is 6.07 Å². The van der Waals surface area contributed by atoms with E-state index in [4.69, 9.17) is 9.97 Å². The summed E-state index contributed by atoms with van der Waals surface area (Å²) in [4.78, 5) is 29.3. The van der Waals surface area contributed by atoms with Crippen LogP contribution in [-0.2, 0) is 13.0 Å². The number of hydrogen-bond acceptors (Lipinski definition) is 5. The third-order valence-electron chi connectivity index (χ3n) is 6.59. The van der Waals surface area contributed by atoms with Crippen LogP contribution in [0.25, 0.3) is 11.4 Å². The summed E-state index contributed by atoms with van der Waals surface area (Å²) in [6.45, 7) is 7.85. The number of halogens is 1. The number of nitrogens with zero attached hydrogens (tertiary/aromatic N) is 5. The number of benzene rings is 2. The Morgan fingerprint density at radius 2 is 1.71 bits per heavy atom. The molecule has 176 valence electrons. The molecule has 7 nitrogen and oxygen atoms in total. The number of rotatable bonds is 4. The van der Waals surface area contributed by atoms with Gasteiger partial charge < -0.3 is 20.0 Å². The molecule has 5 rings (SSSR count). The Bertz CT molecular complexity index is 1160. The first-order valence-corrected chi connectivity index (χ1v) is 11.9. The number of likely N-dealkylation sites (N-methyl/N-ethyl adjacent to an activating group) is 1. The van der Waals surface area contributed by atoms with Gasteiger partial charge in [-0.05, 0) is 18.7 Å². The molecule has 0 spiro atoms. The average molecular weight is 461 g/mol. The predicted octanol–water partition coefficient (Wildman–Crippen LogP) is 4.01. The summed E-state index contributed by atoms with van der Waals surface area (Å²) in [7, 11) is 0. The predicted molar refractivity (Wildman–Crippen MR) is 131 cm³/mol. The summed E-state index contributed by atoms with van der Waals surface area (Å²) in [5.41, 5.74) is 3.14. The molecule has 0 bridgehead atoms. The second-order valence-corrected chi connectivity index (χ2v) is 8.66. The minimum Gasteiger partial charge on any atom is -0.354 e. The average Bonchev–Trinajstić information content (AvgIpc) is 2.89. The number of carbonyl (C=O) groups excluding carboxylic acids is 1. The molecule has 34 heavy (non-hydrogen) atoms. The van der Waals surface area contributed by atoms with Crippen LogP contribution >= 0.6 is 0 Å². The zero-order valence-electron chi connectivity index (χ0n) is 19.4. The minimum atomic E-state index is -0.446. The Balaban J connectivity index is 1.45. The molecular formula is C26H29FN6O. The Morgan fingerprint density at radius 1 is 0.971 bits per heavy atom. The van der Waals surface area contributed by atoms with Crippen molar-refractivity contribution in [2.45, 2.75) is 19.9 Å². The molecule has 8 heteroatoms. The summed E-state index contributed by atoms with van der Waals surface area (Å²) in [5.74, 6) is 1.18. The Morgan fingerprint density at radius 3 is 2.44 bits per heavy atom. The fraction of sp³-hybridized carbons (Fsp3) is 0.346. The molecule has 0 radical (unpaired) electrons. The number of nitrogens with one attached hydrogen (secondary N) is 1. The van der Waals surface area contributed by atoms with Gasteiger partial charge in [0.2, 0.25) is 0 Å². The number of fused-ring (bicyclic) bond motifs is 1. The van der Waals surface area contributed by atoms with E-state index in [-0.39, 0.29) is 11.7 Å². The van der Waals surface area contributed by atoms with Crippen LogP contribution < -0.4 is 10.2 Å². The summed E-state index contributed by atoms with van der Waals surface area (Å²) < 4.78 is 14.1.